The molecule has 2 atom stereocenters. The molecule has 4 heteroatoms. The fourth-order valence-corrected chi connectivity index (χ4v) is 4.91. The molecule has 3 nitrogen and oxygen atoms in total. The van der Waals surface area contributed by atoms with E-state index in [0.29, 0.717) is 29.3 Å². The maximum absolute atomic E-state index is 13.3. The molecule has 3 aliphatic rings. The summed E-state index contributed by atoms with van der Waals surface area (Å²) in [4.78, 5) is 12.1. The maximum atomic E-state index is 13.3. The van der Waals surface area contributed by atoms with Crippen LogP contribution in [0.2, 0.25) is 0 Å². The van der Waals surface area contributed by atoms with Crippen molar-refractivity contribution >= 4 is 11.0 Å². The van der Waals surface area contributed by atoms with Crippen LogP contribution in [0.15, 0.2) is 69.4 Å². The topological polar surface area (TPSA) is 39.4 Å². The molecule has 0 saturated heterocycles. The van der Waals surface area contributed by atoms with Crippen LogP contribution in [0.1, 0.15) is 26.7 Å². The van der Waals surface area contributed by atoms with Gasteiger partial charge >= 0.3 is 5.63 Å². The van der Waals surface area contributed by atoms with E-state index in [-0.39, 0.29) is 5.82 Å². The van der Waals surface area contributed by atoms with E-state index in [2.05, 4.69) is 19.9 Å². The van der Waals surface area contributed by atoms with Crippen LogP contribution in [0, 0.1) is 23.1 Å². The quantitative estimate of drug-likeness (QED) is 0.407. The van der Waals surface area contributed by atoms with Crippen molar-refractivity contribution in [3.63, 3.8) is 0 Å². The molecule has 6 rings (SSSR count). The highest BCUT2D eigenvalue weighted by molar-refractivity contribution is 5.93. The van der Waals surface area contributed by atoms with E-state index in [1.165, 1.54) is 30.2 Å². The Kier molecular flexibility index (Phi) is 4.12. The van der Waals surface area contributed by atoms with Gasteiger partial charge in [0.15, 0.2) is 0 Å². The first-order valence-corrected chi connectivity index (χ1v) is 10.1. The van der Waals surface area contributed by atoms with Gasteiger partial charge < -0.3 is 9.15 Å². The normalized spacial score (nSPS) is 22.1. The van der Waals surface area contributed by atoms with Gasteiger partial charge in [-0.25, -0.2) is 9.18 Å². The number of allylic oxidation sites excluding steroid dienone is 1. The molecular formula is C25H23FO3. The summed E-state index contributed by atoms with van der Waals surface area (Å²) in [5.41, 5.74) is 3.27. The van der Waals surface area contributed by atoms with Gasteiger partial charge in [0.05, 0.1) is 0 Å². The summed E-state index contributed by atoms with van der Waals surface area (Å²) < 4.78 is 24.7. The van der Waals surface area contributed by atoms with E-state index in [4.69, 9.17) is 9.15 Å². The lowest BCUT2D eigenvalue weighted by Crippen LogP contribution is -2.48. The van der Waals surface area contributed by atoms with Crippen molar-refractivity contribution in [1.82, 2.24) is 0 Å². The van der Waals surface area contributed by atoms with Crippen LogP contribution in [0.3, 0.4) is 0 Å². The summed E-state index contributed by atoms with van der Waals surface area (Å²) in [6.45, 7) is 5.26. The number of halogens is 1. The molecule has 0 unspecified atom stereocenters. The molecule has 0 radical (unpaired) electrons. The minimum absolute atomic E-state index is 0.310. The molecule has 0 aliphatic heterocycles. The van der Waals surface area contributed by atoms with Gasteiger partial charge in [0.1, 0.15) is 23.8 Å². The summed E-state index contributed by atoms with van der Waals surface area (Å²) in [6.07, 6.45) is 4.73. The largest absolute Gasteiger partial charge is 0.489 e. The molecule has 1 aromatic heterocycles. The molecule has 3 aliphatic carbocycles. The van der Waals surface area contributed by atoms with Crippen molar-refractivity contribution < 1.29 is 13.5 Å². The third kappa shape index (κ3) is 3.07. The number of hydrogen-bond donors (Lipinski definition) is 0. The van der Waals surface area contributed by atoms with Gasteiger partial charge in [-0.1, -0.05) is 32.1 Å². The van der Waals surface area contributed by atoms with E-state index < -0.39 is 5.63 Å². The van der Waals surface area contributed by atoms with Crippen molar-refractivity contribution in [1.29, 1.82) is 0 Å². The van der Waals surface area contributed by atoms with E-state index in [1.54, 1.807) is 18.2 Å². The highest BCUT2D eigenvalue weighted by atomic mass is 19.1. The predicted molar refractivity (Wildman–Crippen MR) is 111 cm³/mol. The molecule has 3 aromatic rings. The first-order chi connectivity index (χ1) is 13.9. The van der Waals surface area contributed by atoms with Crippen molar-refractivity contribution in [2.75, 3.05) is 6.61 Å². The lowest BCUT2D eigenvalue weighted by Gasteiger charge is -2.56. The number of hydrogen-bond acceptors (Lipinski definition) is 3. The molecule has 0 spiro atoms. The Morgan fingerprint density at radius 2 is 1.93 bits per heavy atom. The zero-order valence-corrected chi connectivity index (χ0v) is 16.6. The van der Waals surface area contributed by atoms with Crippen molar-refractivity contribution in [3.05, 3.63) is 76.4 Å². The predicted octanol–water partition coefficient (Wildman–Crippen LogP) is 5.97. The highest BCUT2D eigenvalue weighted by Crippen LogP contribution is 2.59. The summed E-state index contributed by atoms with van der Waals surface area (Å²) in [7, 11) is 0. The Balaban J connectivity index is 1.43. The first-order valence-electron chi connectivity index (χ1n) is 10.1. The van der Waals surface area contributed by atoms with E-state index in [1.807, 2.05) is 12.1 Å². The van der Waals surface area contributed by atoms with Crippen LogP contribution < -0.4 is 10.4 Å². The summed E-state index contributed by atoms with van der Waals surface area (Å²) in [5.74, 6) is 1.77. The minimum atomic E-state index is -0.439. The van der Waals surface area contributed by atoms with Gasteiger partial charge in [-0.05, 0) is 71.1 Å². The second-order valence-corrected chi connectivity index (χ2v) is 8.75. The van der Waals surface area contributed by atoms with Gasteiger partial charge in [-0.3, -0.25) is 0 Å². The Labute approximate surface area is 168 Å². The number of rotatable bonds is 4. The fourth-order valence-electron chi connectivity index (χ4n) is 4.91. The van der Waals surface area contributed by atoms with Gasteiger partial charge in [-0.15, -0.1) is 0 Å². The molecule has 1 heterocycles. The average Bonchev–Trinajstić information content (AvgIpc) is 2.72. The molecule has 0 N–H and O–H groups in total. The molecule has 1 saturated carbocycles. The fraction of sp³-hybridized carbons (Fsp3) is 0.320. The van der Waals surface area contributed by atoms with Gasteiger partial charge in [0, 0.05) is 17.5 Å². The van der Waals surface area contributed by atoms with E-state index >= 15 is 0 Å². The molecule has 2 aromatic carbocycles. The van der Waals surface area contributed by atoms with Gasteiger partial charge in [-0.2, -0.15) is 0 Å². The number of ether oxygens (including phenoxy) is 1. The van der Waals surface area contributed by atoms with Crippen molar-refractivity contribution in [3.8, 4) is 16.9 Å². The Morgan fingerprint density at radius 1 is 1.14 bits per heavy atom. The molecule has 1 fully saturated rings. The van der Waals surface area contributed by atoms with Crippen molar-refractivity contribution in [2.45, 2.75) is 26.7 Å². The SMILES string of the molecule is CC1(C)[C@H]2CC=C(COc3ccc4c(-c5ccc(F)cc5)cc(=O)oc4c3)[C@@H]1C2. The highest BCUT2D eigenvalue weighted by Gasteiger charge is 2.51. The average molecular weight is 390 g/mol. The molecule has 29 heavy (non-hydrogen) atoms. The first kappa shape index (κ1) is 18.2. The monoisotopic (exact) mass is 390 g/mol. The lowest BCUT2D eigenvalue weighted by atomic mass is 9.49. The zero-order valence-electron chi connectivity index (χ0n) is 16.6. The molecule has 0 amide bonds. The lowest BCUT2D eigenvalue weighted by molar-refractivity contribution is -0.0115. The standard InChI is InChI=1S/C25H23FO3/c1-25(2)17-6-3-16(22(25)11-17)14-28-19-9-10-20-21(13-24(27)29-23(20)12-19)15-4-7-18(26)8-5-15/h3-5,7-10,12-13,17,22H,6,11,14H2,1-2H3/t17-,22-/m0/s1. The smallest absolute Gasteiger partial charge is 0.336 e. The van der Waals surface area contributed by atoms with Crippen molar-refractivity contribution in [2.24, 2.45) is 17.3 Å². The minimum Gasteiger partial charge on any atom is -0.489 e. The summed E-state index contributed by atoms with van der Waals surface area (Å²) in [5, 5.41) is 0.795. The van der Waals surface area contributed by atoms with Crippen LogP contribution in [0.5, 0.6) is 5.75 Å². The second kappa shape index (κ2) is 6.58. The van der Waals surface area contributed by atoms with Gasteiger partial charge in [0.2, 0.25) is 0 Å². The molecule has 148 valence electrons. The third-order valence-corrected chi connectivity index (χ3v) is 6.86. The Hall–Kier alpha value is -2.88. The third-order valence-electron chi connectivity index (χ3n) is 6.86. The summed E-state index contributed by atoms with van der Waals surface area (Å²) >= 11 is 0. The van der Waals surface area contributed by atoms with Crippen LogP contribution in [-0.4, -0.2) is 6.61 Å². The zero-order chi connectivity index (χ0) is 20.2. The van der Waals surface area contributed by atoms with Crippen LogP contribution in [0.4, 0.5) is 4.39 Å². The molecular weight excluding hydrogens is 367 g/mol. The van der Waals surface area contributed by atoms with Gasteiger partial charge in [0.25, 0.3) is 0 Å². The number of benzene rings is 2. The van der Waals surface area contributed by atoms with E-state index in [9.17, 15) is 9.18 Å². The van der Waals surface area contributed by atoms with Crippen LogP contribution in [-0.2, 0) is 0 Å². The Bertz CT molecular complexity index is 1170. The van der Waals surface area contributed by atoms with Crippen LogP contribution >= 0.6 is 0 Å². The van der Waals surface area contributed by atoms with E-state index in [0.717, 1.165) is 28.9 Å². The second-order valence-electron chi connectivity index (χ2n) is 8.75. The summed E-state index contributed by atoms with van der Waals surface area (Å²) in [6, 6.07) is 13.1. The van der Waals surface area contributed by atoms with Crippen LogP contribution in [0.25, 0.3) is 22.1 Å². The number of fused-ring (bicyclic) bond motifs is 2. The maximum Gasteiger partial charge on any atom is 0.336 e. The molecule has 2 bridgehead atoms. The Morgan fingerprint density at radius 3 is 2.66 bits per heavy atom.